The zero-order chi connectivity index (χ0) is 24.4. The van der Waals surface area contributed by atoms with E-state index in [1.807, 2.05) is 6.07 Å². The van der Waals surface area contributed by atoms with Crippen LogP contribution in [0.25, 0.3) is 22.3 Å². The summed E-state index contributed by atoms with van der Waals surface area (Å²) in [4.78, 5) is 0. The summed E-state index contributed by atoms with van der Waals surface area (Å²) in [6.07, 6.45) is -1.19. The van der Waals surface area contributed by atoms with Gasteiger partial charge in [-0.25, -0.2) is 0 Å². The van der Waals surface area contributed by atoms with E-state index < -0.39 is 17.6 Å². The third-order valence-electron chi connectivity index (χ3n) is 5.94. The molecule has 0 aliphatic carbocycles. The van der Waals surface area contributed by atoms with Crippen molar-refractivity contribution in [1.29, 1.82) is 0 Å². The third kappa shape index (κ3) is 6.22. The van der Waals surface area contributed by atoms with Gasteiger partial charge in [-0.2, -0.15) is 0 Å². The second-order valence-corrected chi connectivity index (χ2v) is 9.32. The van der Waals surface area contributed by atoms with Crippen molar-refractivity contribution in [2.24, 2.45) is 0 Å². The smallest absolute Gasteiger partial charge is 0.485 e. The highest BCUT2D eigenvalue weighted by atomic mass is 19.4. The van der Waals surface area contributed by atoms with Gasteiger partial charge in [-0.1, -0.05) is 25.8 Å². The number of unbranched alkanes of at least 4 members (excludes halogenated alkanes) is 2. The minimum atomic E-state index is -4.81. The van der Waals surface area contributed by atoms with Crippen LogP contribution in [0, 0.1) is 0 Å². The summed E-state index contributed by atoms with van der Waals surface area (Å²) < 4.78 is 55.5. The van der Waals surface area contributed by atoms with E-state index in [4.69, 9.17) is 9.15 Å². The van der Waals surface area contributed by atoms with Crippen LogP contribution in [-0.4, -0.2) is 22.7 Å². The second kappa shape index (κ2) is 9.29. The van der Waals surface area contributed by atoms with Gasteiger partial charge in [0.15, 0.2) is 0 Å². The first-order valence-corrected chi connectivity index (χ1v) is 11.1. The van der Waals surface area contributed by atoms with Crippen molar-refractivity contribution in [3.05, 3.63) is 48.0 Å². The minimum Gasteiger partial charge on any atom is -0.485 e. The number of alkyl halides is 3. The maximum absolute atomic E-state index is 13.1. The fourth-order valence-corrected chi connectivity index (χ4v) is 3.34. The Balaban J connectivity index is 1.96. The Morgan fingerprint density at radius 2 is 1.64 bits per heavy atom. The number of fused-ring (bicyclic) bond motifs is 1. The molecule has 0 saturated carbocycles. The Bertz CT molecular complexity index is 1090. The van der Waals surface area contributed by atoms with Crippen LogP contribution >= 0.6 is 0 Å². The van der Waals surface area contributed by atoms with Gasteiger partial charge in [-0.15, -0.1) is 13.2 Å². The summed E-state index contributed by atoms with van der Waals surface area (Å²) in [5, 5.41) is 11.0. The molecule has 180 valence electrons. The first-order valence-electron chi connectivity index (χ1n) is 11.1. The number of hydrogen-bond donors (Lipinski definition) is 1. The van der Waals surface area contributed by atoms with E-state index in [0.717, 1.165) is 24.8 Å². The normalized spacial score (nSPS) is 12.9. The van der Waals surface area contributed by atoms with Gasteiger partial charge in [-0.05, 0) is 76.4 Å². The zero-order valence-electron chi connectivity index (χ0n) is 19.7. The predicted octanol–water partition coefficient (Wildman–Crippen LogP) is 7.66. The Morgan fingerprint density at radius 3 is 2.27 bits per heavy atom. The van der Waals surface area contributed by atoms with Crippen LogP contribution in [0.4, 0.5) is 13.2 Å². The monoisotopic (exact) mass is 464 g/mol. The van der Waals surface area contributed by atoms with Gasteiger partial charge in [0.2, 0.25) is 0 Å². The average Bonchev–Trinajstić information content (AvgIpc) is 3.09. The number of halogens is 3. The first-order chi connectivity index (χ1) is 15.3. The number of ether oxygens (including phenoxy) is 2. The Kier molecular flexibility index (Phi) is 7.03. The van der Waals surface area contributed by atoms with Gasteiger partial charge >= 0.3 is 6.36 Å². The molecule has 3 aromatic rings. The highest BCUT2D eigenvalue weighted by molar-refractivity contribution is 5.85. The number of aliphatic hydroxyl groups is 1. The van der Waals surface area contributed by atoms with Gasteiger partial charge in [0.05, 0.1) is 11.2 Å². The van der Waals surface area contributed by atoms with Crippen molar-refractivity contribution in [2.45, 2.75) is 77.9 Å². The lowest BCUT2D eigenvalue weighted by Gasteiger charge is -2.37. The van der Waals surface area contributed by atoms with E-state index in [1.54, 1.807) is 58.0 Å². The van der Waals surface area contributed by atoms with Crippen LogP contribution in [0.2, 0.25) is 0 Å². The van der Waals surface area contributed by atoms with E-state index in [2.05, 4.69) is 11.7 Å². The molecule has 0 fully saturated rings. The first kappa shape index (κ1) is 25.0. The van der Waals surface area contributed by atoms with E-state index in [1.165, 1.54) is 6.07 Å². The Hall–Kier alpha value is -2.67. The van der Waals surface area contributed by atoms with E-state index in [0.29, 0.717) is 23.1 Å². The molecule has 0 saturated heterocycles. The molecular formula is C26H31F3O4. The third-order valence-corrected chi connectivity index (χ3v) is 5.94. The van der Waals surface area contributed by atoms with Gasteiger partial charge in [0, 0.05) is 11.5 Å². The van der Waals surface area contributed by atoms with Crippen LogP contribution in [0.15, 0.2) is 46.9 Å². The number of hydrogen-bond acceptors (Lipinski definition) is 4. The molecule has 0 radical (unpaired) electrons. The standard InChI is InChI=1S/C26H31F3O4/c1-6-7-8-9-17-10-13-20(23(14-17)33-26(27,28)29)22-15-18-11-12-19(16-21(18)31-22)32-25(4,5)24(2,3)30/h10-16,30H,6-9H2,1-5H3. The predicted molar refractivity (Wildman–Crippen MR) is 123 cm³/mol. The molecule has 33 heavy (non-hydrogen) atoms. The average molecular weight is 465 g/mol. The van der Waals surface area contributed by atoms with Crippen molar-refractivity contribution < 1.29 is 32.2 Å². The lowest BCUT2D eigenvalue weighted by molar-refractivity contribution is -0.274. The highest BCUT2D eigenvalue weighted by Gasteiger charge is 2.37. The van der Waals surface area contributed by atoms with Crippen LogP contribution < -0.4 is 9.47 Å². The van der Waals surface area contributed by atoms with Crippen molar-refractivity contribution in [3.8, 4) is 22.8 Å². The van der Waals surface area contributed by atoms with Gasteiger partial charge in [0.25, 0.3) is 0 Å². The SMILES string of the molecule is CCCCCc1ccc(-c2cc3ccc(OC(C)(C)C(C)(C)O)cc3o2)c(OC(F)(F)F)c1. The van der Waals surface area contributed by atoms with Crippen molar-refractivity contribution in [2.75, 3.05) is 0 Å². The van der Waals surface area contributed by atoms with E-state index in [-0.39, 0.29) is 17.1 Å². The maximum atomic E-state index is 13.1. The molecule has 7 heteroatoms. The molecular weight excluding hydrogens is 433 g/mol. The molecule has 0 aliphatic rings. The van der Waals surface area contributed by atoms with Crippen molar-refractivity contribution in [3.63, 3.8) is 0 Å². The van der Waals surface area contributed by atoms with Crippen LogP contribution in [0.1, 0.15) is 59.4 Å². The summed E-state index contributed by atoms with van der Waals surface area (Å²) in [5.41, 5.74) is -0.510. The molecule has 2 aromatic carbocycles. The summed E-state index contributed by atoms with van der Waals surface area (Å²) in [5.74, 6) is 0.465. The molecule has 1 N–H and O–H groups in total. The molecule has 1 heterocycles. The lowest BCUT2D eigenvalue weighted by atomic mass is 9.89. The molecule has 0 aliphatic heterocycles. The highest BCUT2D eigenvalue weighted by Crippen LogP contribution is 2.39. The Morgan fingerprint density at radius 1 is 0.909 bits per heavy atom. The number of benzene rings is 2. The van der Waals surface area contributed by atoms with Crippen LogP contribution in [0.5, 0.6) is 11.5 Å². The van der Waals surface area contributed by atoms with Crippen LogP contribution in [0.3, 0.4) is 0 Å². The quantitative estimate of drug-likeness (QED) is 0.330. The summed E-state index contributed by atoms with van der Waals surface area (Å²) in [7, 11) is 0. The molecule has 0 amide bonds. The molecule has 0 bridgehead atoms. The fraction of sp³-hybridized carbons (Fsp3) is 0.462. The number of furan rings is 1. The van der Waals surface area contributed by atoms with E-state index >= 15 is 0 Å². The molecule has 1 aromatic heterocycles. The summed E-state index contributed by atoms with van der Waals surface area (Å²) in [6, 6.07) is 11.7. The molecule has 0 unspecified atom stereocenters. The molecule has 3 rings (SSSR count). The zero-order valence-corrected chi connectivity index (χ0v) is 19.7. The van der Waals surface area contributed by atoms with Crippen LogP contribution in [-0.2, 0) is 6.42 Å². The molecule has 4 nitrogen and oxygen atoms in total. The van der Waals surface area contributed by atoms with Gasteiger partial charge in [0.1, 0.15) is 28.4 Å². The Labute approximate surface area is 192 Å². The number of aryl methyl sites for hydroxylation is 1. The van der Waals surface area contributed by atoms with Crippen molar-refractivity contribution in [1.82, 2.24) is 0 Å². The minimum absolute atomic E-state index is 0.224. The van der Waals surface area contributed by atoms with Gasteiger partial charge in [-0.3, -0.25) is 0 Å². The number of rotatable bonds is 9. The molecule has 0 atom stereocenters. The summed E-state index contributed by atoms with van der Waals surface area (Å²) in [6.45, 7) is 8.93. The van der Waals surface area contributed by atoms with Crippen molar-refractivity contribution >= 4 is 11.0 Å². The topological polar surface area (TPSA) is 51.8 Å². The second-order valence-electron chi connectivity index (χ2n) is 9.32. The maximum Gasteiger partial charge on any atom is 0.573 e. The lowest BCUT2D eigenvalue weighted by Crippen LogP contribution is -2.49. The van der Waals surface area contributed by atoms with Gasteiger partial charge < -0.3 is 19.0 Å². The fourth-order valence-electron chi connectivity index (χ4n) is 3.34. The summed E-state index contributed by atoms with van der Waals surface area (Å²) >= 11 is 0. The van der Waals surface area contributed by atoms with E-state index in [9.17, 15) is 18.3 Å². The molecule has 0 spiro atoms. The largest absolute Gasteiger partial charge is 0.573 e.